The van der Waals surface area contributed by atoms with Gasteiger partial charge in [-0.1, -0.05) is 6.07 Å². The monoisotopic (exact) mass is 333 g/mol. The molecule has 0 radical (unpaired) electrons. The van der Waals surface area contributed by atoms with Crippen LogP contribution in [0.4, 0.5) is 0 Å². The summed E-state index contributed by atoms with van der Waals surface area (Å²) < 4.78 is 6.50. The van der Waals surface area contributed by atoms with Crippen LogP contribution in [-0.4, -0.2) is 44.6 Å². The molecule has 2 fully saturated rings. The van der Waals surface area contributed by atoms with Crippen molar-refractivity contribution in [2.75, 3.05) is 18.8 Å². The van der Waals surface area contributed by atoms with Crippen LogP contribution in [0.15, 0.2) is 36.1 Å². The molecule has 4 heterocycles. The van der Waals surface area contributed by atoms with Gasteiger partial charge in [0.15, 0.2) is 0 Å². The lowest BCUT2D eigenvalue weighted by molar-refractivity contribution is 0.0263. The van der Waals surface area contributed by atoms with Crippen LogP contribution in [0.5, 0.6) is 0 Å². The molecular weight excluding hydrogens is 314 g/mol. The van der Waals surface area contributed by atoms with Gasteiger partial charge in [0.1, 0.15) is 5.01 Å². The Bertz CT molecular complexity index is 599. The number of hydrogen-bond acceptors (Lipinski definition) is 6. The number of likely N-dealkylation sites (tertiary alicyclic amines) is 1. The van der Waals surface area contributed by atoms with E-state index in [9.17, 15) is 0 Å². The highest BCUT2D eigenvalue weighted by atomic mass is 32.2. The van der Waals surface area contributed by atoms with Gasteiger partial charge in [0.25, 0.3) is 0 Å². The van der Waals surface area contributed by atoms with Gasteiger partial charge in [-0.2, -0.15) is 0 Å². The molecule has 0 N–H and O–H groups in total. The third-order valence-corrected chi connectivity index (χ3v) is 6.59. The molecule has 6 heteroatoms. The number of thioether (sulfide) groups is 1. The van der Waals surface area contributed by atoms with Crippen LogP contribution < -0.4 is 0 Å². The molecule has 1 spiro atoms. The molecule has 2 saturated heterocycles. The van der Waals surface area contributed by atoms with Gasteiger partial charge in [0.2, 0.25) is 0 Å². The predicted molar refractivity (Wildman–Crippen MR) is 90.0 cm³/mol. The number of pyridine rings is 1. The smallest absolute Gasteiger partial charge is 0.107 e. The van der Waals surface area contributed by atoms with Gasteiger partial charge in [0.05, 0.1) is 19.3 Å². The van der Waals surface area contributed by atoms with E-state index in [2.05, 4.69) is 38.1 Å². The summed E-state index contributed by atoms with van der Waals surface area (Å²) in [5, 5.41) is 3.28. The molecule has 1 unspecified atom stereocenters. The molecule has 22 heavy (non-hydrogen) atoms. The molecule has 1 atom stereocenters. The van der Waals surface area contributed by atoms with Crippen LogP contribution in [0.3, 0.4) is 0 Å². The summed E-state index contributed by atoms with van der Waals surface area (Å²) in [6.45, 7) is 4.02. The Morgan fingerprint density at radius 3 is 3.09 bits per heavy atom. The van der Waals surface area contributed by atoms with Crippen molar-refractivity contribution >= 4 is 23.1 Å². The number of aromatic nitrogens is 2. The Hall–Kier alpha value is -0.950. The van der Waals surface area contributed by atoms with Crippen molar-refractivity contribution < 1.29 is 4.74 Å². The van der Waals surface area contributed by atoms with E-state index >= 15 is 0 Å². The predicted octanol–water partition coefficient (Wildman–Crippen LogP) is 2.81. The zero-order chi connectivity index (χ0) is 14.8. The summed E-state index contributed by atoms with van der Waals surface area (Å²) in [5.41, 5.74) is 1.16. The van der Waals surface area contributed by atoms with E-state index in [1.807, 2.05) is 18.5 Å². The molecule has 0 aromatic carbocycles. The third-order valence-electron chi connectivity index (χ3n) is 4.25. The number of nitrogens with zero attached hydrogens (tertiary/aromatic N) is 3. The average Bonchev–Trinajstić information content (AvgIpc) is 3.16. The van der Waals surface area contributed by atoms with E-state index < -0.39 is 0 Å². The van der Waals surface area contributed by atoms with Crippen LogP contribution in [-0.2, 0) is 17.9 Å². The van der Waals surface area contributed by atoms with E-state index in [1.54, 1.807) is 17.5 Å². The van der Waals surface area contributed by atoms with Crippen molar-refractivity contribution in [2.45, 2.75) is 30.4 Å². The van der Waals surface area contributed by atoms with E-state index in [0.717, 1.165) is 17.9 Å². The first-order valence-electron chi connectivity index (χ1n) is 7.57. The number of ether oxygens (including phenoxy) is 1. The minimum absolute atomic E-state index is 0.382. The van der Waals surface area contributed by atoms with Gasteiger partial charge in [-0.3, -0.25) is 9.88 Å². The highest BCUT2D eigenvalue weighted by Gasteiger charge is 2.49. The summed E-state index contributed by atoms with van der Waals surface area (Å²) in [6.07, 6.45) is 7.13. The van der Waals surface area contributed by atoms with E-state index in [4.69, 9.17) is 4.74 Å². The first kappa shape index (κ1) is 14.6. The molecule has 4 rings (SSSR count). The maximum Gasteiger partial charge on any atom is 0.107 e. The maximum atomic E-state index is 6.07. The molecular formula is C16H19N3OS2. The Morgan fingerprint density at radius 1 is 1.36 bits per heavy atom. The average molecular weight is 333 g/mol. The maximum absolute atomic E-state index is 6.07. The summed E-state index contributed by atoms with van der Waals surface area (Å²) in [4.78, 5) is 11.0. The standard InChI is InChI=1S/C16H19N3OS2/c1-2-13(7-17-3-1)9-20-14-6-16(22-10-14)11-19(12-16)8-15-18-4-5-21-15/h1-5,7,14H,6,8-12H2. The zero-order valence-corrected chi connectivity index (χ0v) is 14.0. The Balaban J connectivity index is 1.23. The van der Waals surface area contributed by atoms with Gasteiger partial charge in [0, 0.05) is 47.6 Å². The van der Waals surface area contributed by atoms with Crippen molar-refractivity contribution in [3.63, 3.8) is 0 Å². The molecule has 0 saturated carbocycles. The first-order chi connectivity index (χ1) is 10.8. The summed E-state index contributed by atoms with van der Waals surface area (Å²) in [7, 11) is 0. The van der Waals surface area contributed by atoms with Gasteiger partial charge in [-0.25, -0.2) is 4.98 Å². The fraction of sp³-hybridized carbons (Fsp3) is 0.500. The van der Waals surface area contributed by atoms with Crippen LogP contribution >= 0.6 is 23.1 Å². The first-order valence-corrected chi connectivity index (χ1v) is 9.43. The molecule has 2 aromatic rings. The minimum Gasteiger partial charge on any atom is -0.373 e. The normalized spacial score (nSPS) is 23.7. The van der Waals surface area contributed by atoms with Crippen molar-refractivity contribution in [1.29, 1.82) is 0 Å². The van der Waals surface area contributed by atoms with E-state index in [1.165, 1.54) is 24.5 Å². The van der Waals surface area contributed by atoms with Crippen LogP contribution in [0.25, 0.3) is 0 Å². The molecule has 0 amide bonds. The summed E-state index contributed by atoms with van der Waals surface area (Å²) >= 11 is 3.84. The Kier molecular flexibility index (Phi) is 4.17. The lowest BCUT2D eigenvalue weighted by atomic mass is 9.93. The van der Waals surface area contributed by atoms with Gasteiger partial charge in [-0.15, -0.1) is 23.1 Å². The van der Waals surface area contributed by atoms with E-state index in [0.29, 0.717) is 17.5 Å². The van der Waals surface area contributed by atoms with Crippen molar-refractivity contribution in [2.24, 2.45) is 0 Å². The van der Waals surface area contributed by atoms with Crippen molar-refractivity contribution in [1.82, 2.24) is 14.9 Å². The molecule has 116 valence electrons. The second kappa shape index (κ2) is 6.28. The SMILES string of the molecule is c1cncc(COC2CSC3(C2)CN(Cc2nccs2)C3)c1. The summed E-state index contributed by atoms with van der Waals surface area (Å²) in [6, 6.07) is 4.04. The van der Waals surface area contributed by atoms with Gasteiger partial charge < -0.3 is 4.74 Å². The van der Waals surface area contributed by atoms with Gasteiger partial charge in [-0.05, 0) is 18.1 Å². The Morgan fingerprint density at radius 2 is 2.32 bits per heavy atom. The number of thiazole rings is 1. The largest absolute Gasteiger partial charge is 0.373 e. The molecule has 2 aromatic heterocycles. The fourth-order valence-corrected chi connectivity index (χ4v) is 5.49. The van der Waals surface area contributed by atoms with Crippen molar-refractivity contribution in [3.05, 3.63) is 46.7 Å². The molecule has 2 aliphatic rings. The third kappa shape index (κ3) is 3.20. The molecule has 2 aliphatic heterocycles. The molecule has 0 aliphatic carbocycles. The fourth-order valence-electron chi connectivity index (χ4n) is 3.23. The lowest BCUT2D eigenvalue weighted by Crippen LogP contribution is -2.58. The second-order valence-corrected chi connectivity index (χ2v) is 8.53. The number of rotatable bonds is 5. The quantitative estimate of drug-likeness (QED) is 0.841. The van der Waals surface area contributed by atoms with E-state index in [-0.39, 0.29) is 0 Å². The van der Waals surface area contributed by atoms with Crippen LogP contribution in [0.1, 0.15) is 17.0 Å². The lowest BCUT2D eigenvalue weighted by Gasteiger charge is -2.47. The topological polar surface area (TPSA) is 38.2 Å². The summed E-state index contributed by atoms with van der Waals surface area (Å²) in [5.74, 6) is 1.12. The van der Waals surface area contributed by atoms with Crippen LogP contribution in [0.2, 0.25) is 0 Å². The highest BCUT2D eigenvalue weighted by molar-refractivity contribution is 8.01. The van der Waals surface area contributed by atoms with Crippen molar-refractivity contribution in [3.8, 4) is 0 Å². The highest BCUT2D eigenvalue weighted by Crippen LogP contribution is 2.46. The van der Waals surface area contributed by atoms with Gasteiger partial charge >= 0.3 is 0 Å². The molecule has 4 nitrogen and oxygen atoms in total. The second-order valence-electron chi connectivity index (χ2n) is 6.06. The van der Waals surface area contributed by atoms with Crippen LogP contribution in [0, 0.1) is 0 Å². The minimum atomic E-state index is 0.382. The Labute approximate surface area is 138 Å². The molecule has 0 bridgehead atoms. The zero-order valence-electron chi connectivity index (χ0n) is 12.4. The number of hydrogen-bond donors (Lipinski definition) is 0.